The fourth-order valence-corrected chi connectivity index (χ4v) is 2.26. The molecule has 0 amide bonds. The molecule has 0 aliphatic carbocycles. The van der Waals surface area contributed by atoms with Crippen molar-refractivity contribution in [3.8, 4) is 0 Å². The highest BCUT2D eigenvalue weighted by atomic mass is 16.6. The highest BCUT2D eigenvalue weighted by Crippen LogP contribution is 2.06. The lowest BCUT2D eigenvalue weighted by molar-refractivity contribution is -0.160. The molecule has 0 atom stereocenters. The zero-order chi connectivity index (χ0) is 23.5. The van der Waals surface area contributed by atoms with Crippen LogP contribution in [0.25, 0.3) is 0 Å². The second-order valence-corrected chi connectivity index (χ2v) is 7.59. The second-order valence-electron chi connectivity index (χ2n) is 7.59. The molecule has 0 bridgehead atoms. The van der Waals surface area contributed by atoms with Crippen molar-refractivity contribution in [2.45, 2.75) is 26.4 Å². The number of carbonyl (C=O) groups is 2. The van der Waals surface area contributed by atoms with E-state index in [0.717, 1.165) is 0 Å². The Balaban J connectivity index is 1.77. The van der Waals surface area contributed by atoms with Gasteiger partial charge in [0, 0.05) is 0 Å². The smallest absolute Gasteiger partial charge is 0.338 e. The summed E-state index contributed by atoms with van der Waals surface area (Å²) >= 11 is 0. The van der Waals surface area contributed by atoms with E-state index in [-0.39, 0.29) is 19.2 Å². The molecule has 0 fully saturated rings. The van der Waals surface area contributed by atoms with Crippen LogP contribution >= 0.6 is 0 Å². The van der Waals surface area contributed by atoms with Crippen LogP contribution in [0.5, 0.6) is 0 Å². The standard InChI is InChI=1S/C23H36O9/c1-23(2,3)32-21(24)19-30-16-15-28-12-11-26-9-10-27-13-14-29-17-18-31-22(25)20-7-5-4-6-8-20/h4-8H,9-19H2,1-3H3. The van der Waals surface area contributed by atoms with Gasteiger partial charge in [0.2, 0.25) is 0 Å². The summed E-state index contributed by atoms with van der Waals surface area (Å²) < 4.78 is 36.9. The zero-order valence-corrected chi connectivity index (χ0v) is 19.3. The number of rotatable bonds is 18. The molecule has 1 rings (SSSR count). The maximum atomic E-state index is 11.7. The molecule has 9 heteroatoms. The molecule has 32 heavy (non-hydrogen) atoms. The predicted molar refractivity (Wildman–Crippen MR) is 117 cm³/mol. The maximum Gasteiger partial charge on any atom is 0.338 e. The van der Waals surface area contributed by atoms with E-state index in [0.29, 0.717) is 65.0 Å². The highest BCUT2D eigenvalue weighted by Gasteiger charge is 2.15. The first kappa shape index (κ1) is 28.0. The van der Waals surface area contributed by atoms with Crippen LogP contribution in [0.3, 0.4) is 0 Å². The summed E-state index contributed by atoms with van der Waals surface area (Å²) in [6, 6.07) is 8.82. The summed E-state index contributed by atoms with van der Waals surface area (Å²) in [6.45, 7) is 9.16. The van der Waals surface area contributed by atoms with Gasteiger partial charge in [0.15, 0.2) is 0 Å². The summed E-state index contributed by atoms with van der Waals surface area (Å²) in [7, 11) is 0. The van der Waals surface area contributed by atoms with E-state index < -0.39 is 11.6 Å². The molecule has 0 saturated heterocycles. The van der Waals surface area contributed by atoms with Crippen molar-refractivity contribution in [3.05, 3.63) is 35.9 Å². The maximum absolute atomic E-state index is 11.7. The third-order valence-corrected chi connectivity index (χ3v) is 3.60. The molecule has 1 aromatic carbocycles. The molecular weight excluding hydrogens is 420 g/mol. The topological polar surface area (TPSA) is 98.8 Å². The summed E-state index contributed by atoms with van der Waals surface area (Å²) in [4.78, 5) is 23.1. The molecule has 0 radical (unpaired) electrons. The second kappa shape index (κ2) is 17.5. The van der Waals surface area contributed by atoms with Crippen molar-refractivity contribution < 1.29 is 42.7 Å². The number of esters is 2. The van der Waals surface area contributed by atoms with Gasteiger partial charge in [-0.1, -0.05) is 18.2 Å². The molecule has 182 valence electrons. The van der Waals surface area contributed by atoms with Gasteiger partial charge in [-0.15, -0.1) is 0 Å². The number of ether oxygens (including phenoxy) is 7. The molecule has 0 N–H and O–H groups in total. The third kappa shape index (κ3) is 16.6. The van der Waals surface area contributed by atoms with Gasteiger partial charge in [0.1, 0.15) is 18.8 Å². The predicted octanol–water partition coefficient (Wildman–Crippen LogP) is 2.27. The fraction of sp³-hybridized carbons (Fsp3) is 0.652. The molecule has 0 aliphatic heterocycles. The average molecular weight is 457 g/mol. The van der Waals surface area contributed by atoms with Gasteiger partial charge < -0.3 is 33.2 Å². The van der Waals surface area contributed by atoms with Crippen molar-refractivity contribution in [2.75, 3.05) is 72.7 Å². The SMILES string of the molecule is CC(C)(C)OC(=O)COCCOCCOCCOCCOCCOC(=O)c1ccccc1. The van der Waals surface area contributed by atoms with Crippen LogP contribution in [-0.2, 0) is 38.0 Å². The molecule has 0 heterocycles. The first-order chi connectivity index (χ1) is 15.4. The number of hydrogen-bond acceptors (Lipinski definition) is 9. The van der Waals surface area contributed by atoms with Crippen LogP contribution in [0.4, 0.5) is 0 Å². The van der Waals surface area contributed by atoms with Crippen molar-refractivity contribution >= 4 is 11.9 Å². The summed E-state index contributed by atoms with van der Waals surface area (Å²) in [5.74, 6) is -0.752. The number of carbonyl (C=O) groups excluding carboxylic acids is 2. The van der Waals surface area contributed by atoms with Gasteiger partial charge in [-0.05, 0) is 32.9 Å². The molecule has 0 unspecified atom stereocenters. The molecule has 9 nitrogen and oxygen atoms in total. The summed E-state index contributed by atoms with van der Waals surface area (Å²) in [6.07, 6.45) is 0. The Morgan fingerprint density at radius 3 is 1.56 bits per heavy atom. The van der Waals surface area contributed by atoms with E-state index in [1.807, 2.05) is 26.8 Å². The fourth-order valence-electron chi connectivity index (χ4n) is 2.26. The molecule has 1 aromatic rings. The molecule has 0 spiro atoms. The minimum absolute atomic E-state index is 0.0863. The molecule has 0 aromatic heterocycles. The molecular formula is C23H36O9. The highest BCUT2D eigenvalue weighted by molar-refractivity contribution is 5.89. The molecule has 0 aliphatic rings. The van der Waals surface area contributed by atoms with Crippen LogP contribution in [0, 0.1) is 0 Å². The third-order valence-electron chi connectivity index (χ3n) is 3.60. The largest absolute Gasteiger partial charge is 0.460 e. The van der Waals surface area contributed by atoms with E-state index in [2.05, 4.69) is 0 Å². The van der Waals surface area contributed by atoms with E-state index >= 15 is 0 Å². The van der Waals surface area contributed by atoms with Crippen LogP contribution < -0.4 is 0 Å². The lowest BCUT2D eigenvalue weighted by Gasteiger charge is -2.19. The van der Waals surface area contributed by atoms with Crippen molar-refractivity contribution in [2.24, 2.45) is 0 Å². The van der Waals surface area contributed by atoms with Crippen molar-refractivity contribution in [1.82, 2.24) is 0 Å². The van der Waals surface area contributed by atoms with Gasteiger partial charge in [-0.25, -0.2) is 9.59 Å². The quantitative estimate of drug-likeness (QED) is 0.243. The minimum atomic E-state index is -0.510. The van der Waals surface area contributed by atoms with Gasteiger partial charge >= 0.3 is 11.9 Å². The van der Waals surface area contributed by atoms with Gasteiger partial charge in [0.25, 0.3) is 0 Å². The van der Waals surface area contributed by atoms with Crippen molar-refractivity contribution in [3.63, 3.8) is 0 Å². The van der Waals surface area contributed by atoms with Gasteiger partial charge in [-0.3, -0.25) is 0 Å². The Hall–Kier alpha value is -2.04. The van der Waals surface area contributed by atoms with Crippen molar-refractivity contribution in [1.29, 1.82) is 0 Å². The zero-order valence-electron chi connectivity index (χ0n) is 19.3. The first-order valence-electron chi connectivity index (χ1n) is 10.7. The van der Waals surface area contributed by atoms with Gasteiger partial charge in [0.05, 0.1) is 65.0 Å². The Bertz CT molecular complexity index is 614. The monoisotopic (exact) mass is 456 g/mol. The molecule has 0 saturated carbocycles. The van der Waals surface area contributed by atoms with E-state index in [4.69, 9.17) is 33.2 Å². The normalized spacial score (nSPS) is 11.3. The van der Waals surface area contributed by atoms with E-state index in [1.165, 1.54) is 0 Å². The van der Waals surface area contributed by atoms with Crippen LogP contribution in [0.2, 0.25) is 0 Å². The Kier molecular flexibility index (Phi) is 15.3. The van der Waals surface area contributed by atoms with Crippen LogP contribution in [-0.4, -0.2) is 90.2 Å². The lowest BCUT2D eigenvalue weighted by atomic mass is 10.2. The minimum Gasteiger partial charge on any atom is -0.460 e. The average Bonchev–Trinajstić information content (AvgIpc) is 2.75. The summed E-state index contributed by atoms with van der Waals surface area (Å²) in [5, 5.41) is 0. The number of hydrogen-bond donors (Lipinski definition) is 0. The van der Waals surface area contributed by atoms with Crippen LogP contribution in [0.15, 0.2) is 30.3 Å². The van der Waals surface area contributed by atoms with Gasteiger partial charge in [-0.2, -0.15) is 0 Å². The Morgan fingerprint density at radius 1 is 0.656 bits per heavy atom. The number of benzene rings is 1. The first-order valence-corrected chi connectivity index (χ1v) is 10.7. The Morgan fingerprint density at radius 2 is 1.09 bits per heavy atom. The lowest BCUT2D eigenvalue weighted by Crippen LogP contribution is -2.27. The van der Waals surface area contributed by atoms with E-state index in [1.54, 1.807) is 24.3 Å². The summed E-state index contributed by atoms with van der Waals surface area (Å²) in [5.41, 5.74) is 0.0114. The van der Waals surface area contributed by atoms with E-state index in [9.17, 15) is 9.59 Å². The Labute approximate surface area is 190 Å². The van der Waals surface area contributed by atoms with Crippen LogP contribution in [0.1, 0.15) is 31.1 Å².